The largest absolute Gasteiger partial charge is 0.366 e. The molecule has 0 bridgehead atoms. The topological polar surface area (TPSA) is 83.3 Å². The van der Waals surface area contributed by atoms with Gasteiger partial charge in [-0.1, -0.05) is 66.9 Å². The van der Waals surface area contributed by atoms with Gasteiger partial charge >= 0.3 is 6.03 Å². The van der Waals surface area contributed by atoms with Gasteiger partial charge in [-0.05, 0) is 46.0 Å². The van der Waals surface area contributed by atoms with Crippen LogP contribution in [0.5, 0.6) is 0 Å². The third-order valence-corrected chi connectivity index (χ3v) is 7.11. The summed E-state index contributed by atoms with van der Waals surface area (Å²) >= 11 is 9.96. The van der Waals surface area contributed by atoms with Gasteiger partial charge in [0, 0.05) is 35.8 Å². The van der Waals surface area contributed by atoms with Crippen LogP contribution in [0.3, 0.4) is 0 Å². The lowest BCUT2D eigenvalue weighted by Crippen LogP contribution is -2.40. The highest BCUT2D eigenvalue weighted by Gasteiger charge is 2.17. The summed E-state index contributed by atoms with van der Waals surface area (Å²) in [7, 11) is 0. The molecule has 3 N–H and O–H groups in total. The molecule has 2 aromatic heterocycles. The second kappa shape index (κ2) is 10.7. The molecule has 1 fully saturated rings. The monoisotopic (exact) mass is 552 g/mol. The number of nitrogens with one attached hydrogen (secondary N) is 3. The average Bonchev–Trinajstić information content (AvgIpc) is 3.52. The summed E-state index contributed by atoms with van der Waals surface area (Å²) < 4.78 is 2.58. The number of rotatable bonds is 7. The first-order chi connectivity index (χ1) is 17.1. The van der Waals surface area contributed by atoms with E-state index in [0.29, 0.717) is 29.8 Å². The first kappa shape index (κ1) is 23.6. The smallest absolute Gasteiger partial charge is 0.315 e. The number of carbonyl (C=O) groups is 1. The van der Waals surface area contributed by atoms with Gasteiger partial charge in [0.1, 0.15) is 5.82 Å². The van der Waals surface area contributed by atoms with E-state index >= 15 is 0 Å². The number of nitrogens with zero attached hydrogens (tertiary/aromatic N) is 3. The summed E-state index contributed by atoms with van der Waals surface area (Å²) in [6.45, 7) is 1.11. The van der Waals surface area contributed by atoms with Crippen LogP contribution in [0, 0.1) is 0 Å². The predicted molar refractivity (Wildman–Crippen MR) is 143 cm³/mol. The van der Waals surface area contributed by atoms with Crippen LogP contribution in [0.25, 0.3) is 16.9 Å². The van der Waals surface area contributed by atoms with Crippen LogP contribution < -0.4 is 16.0 Å². The van der Waals surface area contributed by atoms with Gasteiger partial charge in [0.2, 0.25) is 0 Å². The van der Waals surface area contributed by atoms with Gasteiger partial charge in [-0.2, -0.15) is 9.61 Å². The summed E-state index contributed by atoms with van der Waals surface area (Å²) in [4.78, 5) is 16.9. The molecule has 2 heterocycles. The van der Waals surface area contributed by atoms with Crippen molar-refractivity contribution >= 4 is 45.0 Å². The van der Waals surface area contributed by atoms with Gasteiger partial charge in [-0.15, -0.1) is 0 Å². The number of fused-ring (bicyclic) bond motifs is 1. The first-order valence-corrected chi connectivity index (χ1v) is 12.9. The summed E-state index contributed by atoms with van der Waals surface area (Å²) in [5, 5.41) is 14.6. The Labute approximate surface area is 217 Å². The number of anilines is 1. The second-order valence-electron chi connectivity index (χ2n) is 8.71. The number of carbonyl (C=O) groups excluding carboxylic acids is 1. The van der Waals surface area contributed by atoms with Gasteiger partial charge in [0.15, 0.2) is 5.65 Å². The maximum atomic E-state index is 12.1. The van der Waals surface area contributed by atoms with Crippen molar-refractivity contribution in [3.05, 3.63) is 81.4 Å². The van der Waals surface area contributed by atoms with E-state index < -0.39 is 0 Å². The fourth-order valence-corrected chi connectivity index (χ4v) is 4.91. The molecule has 1 saturated carbocycles. The second-order valence-corrected chi connectivity index (χ2v) is 9.97. The number of halogens is 2. The molecule has 0 atom stereocenters. The number of amides is 2. The number of hydrogen-bond acceptors (Lipinski definition) is 4. The third-order valence-electron chi connectivity index (χ3n) is 6.22. The van der Waals surface area contributed by atoms with Gasteiger partial charge in [-0.3, -0.25) is 0 Å². The quantitative estimate of drug-likeness (QED) is 0.256. The van der Waals surface area contributed by atoms with Crippen molar-refractivity contribution in [2.24, 2.45) is 0 Å². The molecular weight excluding hydrogens is 528 g/mol. The lowest BCUT2D eigenvalue weighted by Gasteiger charge is -2.13. The van der Waals surface area contributed by atoms with Crippen molar-refractivity contribution in [2.45, 2.75) is 44.8 Å². The normalized spacial score (nSPS) is 13.8. The van der Waals surface area contributed by atoms with E-state index in [1.165, 1.54) is 12.8 Å². The molecular formula is C26H26BrClN6O. The molecule has 4 aromatic rings. The standard InChI is InChI=1S/C26H26BrClN6O/c27-21-16-31-34-24(13-23(33-25(21)34)20-7-3-4-8-22(20)28)29-14-17-9-11-18(12-10-17)15-30-26(35)32-19-5-1-2-6-19/h3-4,7-13,16,19,29H,1-2,5-6,14-15H2,(H2,30,32,35). The van der Waals surface area contributed by atoms with Crippen molar-refractivity contribution in [1.29, 1.82) is 0 Å². The predicted octanol–water partition coefficient (Wildman–Crippen LogP) is 6.17. The minimum atomic E-state index is -0.0935. The lowest BCUT2D eigenvalue weighted by molar-refractivity contribution is 0.236. The highest BCUT2D eigenvalue weighted by atomic mass is 79.9. The van der Waals surface area contributed by atoms with Crippen LogP contribution in [0.2, 0.25) is 5.02 Å². The van der Waals surface area contributed by atoms with Crippen LogP contribution in [0.1, 0.15) is 36.8 Å². The summed E-state index contributed by atoms with van der Waals surface area (Å²) in [6.07, 6.45) is 6.28. The van der Waals surface area contributed by atoms with Crippen LogP contribution in [-0.2, 0) is 13.1 Å². The van der Waals surface area contributed by atoms with E-state index in [2.05, 4.69) is 49.1 Å². The van der Waals surface area contributed by atoms with Gasteiger partial charge < -0.3 is 16.0 Å². The number of aromatic nitrogens is 3. The van der Waals surface area contributed by atoms with Crippen molar-refractivity contribution in [3.63, 3.8) is 0 Å². The fraction of sp³-hybridized carbons (Fsp3) is 0.269. The molecule has 0 aliphatic heterocycles. The lowest BCUT2D eigenvalue weighted by atomic mass is 10.1. The Morgan fingerprint density at radius 2 is 1.77 bits per heavy atom. The average molecular weight is 554 g/mol. The molecule has 9 heteroatoms. The Balaban J connectivity index is 1.25. The summed E-state index contributed by atoms with van der Waals surface area (Å²) in [5.74, 6) is 0.810. The number of hydrogen-bond donors (Lipinski definition) is 3. The maximum absolute atomic E-state index is 12.1. The summed E-state index contributed by atoms with van der Waals surface area (Å²) in [5.41, 5.74) is 4.51. The Morgan fingerprint density at radius 3 is 2.51 bits per heavy atom. The number of benzene rings is 2. The van der Waals surface area contributed by atoms with E-state index in [1.54, 1.807) is 10.7 Å². The molecule has 180 valence electrons. The highest BCUT2D eigenvalue weighted by molar-refractivity contribution is 9.10. The molecule has 1 aliphatic rings. The fourth-order valence-electron chi connectivity index (χ4n) is 4.33. The minimum absolute atomic E-state index is 0.0935. The molecule has 7 nitrogen and oxygen atoms in total. The van der Waals surface area contributed by atoms with Crippen LogP contribution in [0.4, 0.5) is 10.6 Å². The molecule has 0 saturated heterocycles. The Bertz CT molecular complexity index is 1330. The first-order valence-electron chi connectivity index (χ1n) is 11.7. The van der Waals surface area contributed by atoms with Gasteiger partial charge in [0.25, 0.3) is 0 Å². The molecule has 0 radical (unpaired) electrons. The zero-order valence-corrected chi connectivity index (χ0v) is 21.4. The molecule has 35 heavy (non-hydrogen) atoms. The molecule has 2 aromatic carbocycles. The van der Waals surface area contributed by atoms with E-state index in [0.717, 1.165) is 45.5 Å². The van der Waals surface area contributed by atoms with E-state index in [4.69, 9.17) is 16.6 Å². The molecule has 2 amide bonds. The minimum Gasteiger partial charge on any atom is -0.366 e. The van der Waals surface area contributed by atoms with E-state index in [9.17, 15) is 4.79 Å². The van der Waals surface area contributed by atoms with E-state index in [-0.39, 0.29) is 6.03 Å². The van der Waals surface area contributed by atoms with Gasteiger partial charge in [0.05, 0.1) is 16.4 Å². The molecule has 0 spiro atoms. The Morgan fingerprint density at radius 1 is 1.06 bits per heavy atom. The zero-order chi connectivity index (χ0) is 24.2. The van der Waals surface area contributed by atoms with Crippen LogP contribution >= 0.6 is 27.5 Å². The van der Waals surface area contributed by atoms with Crippen LogP contribution in [0.15, 0.2) is 65.3 Å². The SMILES string of the molecule is O=C(NCc1ccc(CNc2cc(-c3ccccc3Cl)nc3c(Br)cnn23)cc1)NC1CCCC1. The summed E-state index contributed by atoms with van der Waals surface area (Å²) in [6, 6.07) is 18.0. The molecule has 5 rings (SSSR count). The van der Waals surface area contributed by atoms with Crippen molar-refractivity contribution in [2.75, 3.05) is 5.32 Å². The third kappa shape index (κ3) is 5.60. The molecule has 0 unspecified atom stereocenters. The number of urea groups is 1. The Kier molecular flexibility index (Phi) is 7.20. The zero-order valence-electron chi connectivity index (χ0n) is 19.1. The van der Waals surface area contributed by atoms with Crippen molar-refractivity contribution in [1.82, 2.24) is 25.2 Å². The van der Waals surface area contributed by atoms with Crippen LogP contribution in [-0.4, -0.2) is 26.7 Å². The van der Waals surface area contributed by atoms with Gasteiger partial charge in [-0.25, -0.2) is 9.78 Å². The Hall–Kier alpha value is -3.10. The maximum Gasteiger partial charge on any atom is 0.315 e. The molecule has 1 aliphatic carbocycles. The van der Waals surface area contributed by atoms with Crippen molar-refractivity contribution < 1.29 is 4.79 Å². The van der Waals surface area contributed by atoms with E-state index in [1.807, 2.05) is 42.5 Å². The highest BCUT2D eigenvalue weighted by Crippen LogP contribution is 2.30. The van der Waals surface area contributed by atoms with Crippen molar-refractivity contribution in [3.8, 4) is 11.3 Å².